The summed E-state index contributed by atoms with van der Waals surface area (Å²) in [6.45, 7) is 2.12. The third-order valence-corrected chi connectivity index (χ3v) is 5.46. The fourth-order valence-electron chi connectivity index (χ4n) is 3.98. The number of rotatable bonds is 6. The van der Waals surface area contributed by atoms with Crippen LogP contribution in [0.25, 0.3) is 21.7 Å². The highest BCUT2D eigenvalue weighted by Gasteiger charge is 2.16. The predicted molar refractivity (Wildman–Crippen MR) is 130 cm³/mol. The van der Waals surface area contributed by atoms with Crippen molar-refractivity contribution in [2.45, 2.75) is 13.3 Å². The van der Waals surface area contributed by atoms with Crippen molar-refractivity contribution < 1.29 is 14.1 Å². The number of carbonyl (C=O) groups excluding carboxylic acids is 1. The Hall–Kier alpha value is -4.25. The second kappa shape index (κ2) is 9.09. The highest BCUT2D eigenvalue weighted by molar-refractivity contribution is 6.14. The molecule has 4 aromatic carbocycles. The molecule has 1 aromatic heterocycles. The summed E-state index contributed by atoms with van der Waals surface area (Å²) in [7, 11) is 0. The van der Waals surface area contributed by atoms with Crippen LogP contribution in [0, 0.1) is 0 Å². The molecule has 0 atom stereocenters. The van der Waals surface area contributed by atoms with E-state index in [1.165, 1.54) is 0 Å². The van der Waals surface area contributed by atoms with E-state index >= 15 is 0 Å². The van der Waals surface area contributed by atoms with Crippen LogP contribution in [0.15, 0.2) is 101 Å². The Morgan fingerprint density at radius 3 is 2.27 bits per heavy atom. The van der Waals surface area contributed by atoms with E-state index in [1.54, 1.807) is 6.92 Å². The Labute approximate surface area is 191 Å². The van der Waals surface area contributed by atoms with Gasteiger partial charge in [0.2, 0.25) is 0 Å². The maximum Gasteiger partial charge on any atom is 0.312 e. The summed E-state index contributed by atoms with van der Waals surface area (Å²) >= 11 is 0. The zero-order chi connectivity index (χ0) is 22.6. The van der Waals surface area contributed by atoms with E-state index in [4.69, 9.17) is 14.3 Å². The molecule has 0 aliphatic rings. The van der Waals surface area contributed by atoms with Gasteiger partial charge in [0.05, 0.1) is 29.8 Å². The monoisotopic (exact) mass is 434 g/mol. The zero-order valence-electron chi connectivity index (χ0n) is 18.2. The highest BCUT2D eigenvalue weighted by Crippen LogP contribution is 2.31. The summed E-state index contributed by atoms with van der Waals surface area (Å²) in [5, 5.41) is 6.91. The van der Waals surface area contributed by atoms with Gasteiger partial charge >= 0.3 is 5.97 Å². The van der Waals surface area contributed by atoms with Crippen LogP contribution in [0.5, 0.6) is 0 Å². The number of carbonyl (C=O) groups is 1. The lowest BCUT2D eigenvalue weighted by molar-refractivity contribution is -0.142. The normalized spacial score (nSPS) is 10.9. The molecular weight excluding hydrogens is 412 g/mol. The Bertz CT molecular complexity index is 1410. The molecule has 5 rings (SSSR count). The van der Waals surface area contributed by atoms with Crippen LogP contribution >= 0.6 is 0 Å². The second-order valence-corrected chi connectivity index (χ2v) is 7.65. The van der Waals surface area contributed by atoms with Crippen molar-refractivity contribution in [3.05, 3.63) is 108 Å². The Morgan fingerprint density at radius 1 is 0.909 bits per heavy atom. The van der Waals surface area contributed by atoms with Gasteiger partial charge in [0.25, 0.3) is 0 Å². The summed E-state index contributed by atoms with van der Waals surface area (Å²) in [4.78, 5) is 17.0. The van der Waals surface area contributed by atoms with E-state index in [1.807, 2.05) is 66.7 Å². The molecule has 0 aliphatic heterocycles. The number of ether oxygens (including phenoxy) is 1. The highest BCUT2D eigenvalue weighted by atomic mass is 16.5. The van der Waals surface area contributed by atoms with E-state index in [0.29, 0.717) is 17.9 Å². The molecule has 0 spiro atoms. The molecule has 0 saturated carbocycles. The molecule has 0 unspecified atom stereocenters. The quantitative estimate of drug-likeness (QED) is 0.234. The fraction of sp³-hybridized carbons (Fsp3) is 0.107. The molecule has 162 valence electrons. The van der Waals surface area contributed by atoms with Crippen molar-refractivity contribution in [3.8, 4) is 0 Å². The van der Waals surface area contributed by atoms with Crippen LogP contribution in [-0.4, -0.2) is 23.4 Å². The van der Waals surface area contributed by atoms with E-state index in [2.05, 4.69) is 29.4 Å². The van der Waals surface area contributed by atoms with Crippen molar-refractivity contribution in [1.82, 2.24) is 5.16 Å². The smallest absolute Gasteiger partial charge is 0.312 e. The van der Waals surface area contributed by atoms with Gasteiger partial charge in [0.15, 0.2) is 5.58 Å². The molecule has 0 aliphatic carbocycles. The first kappa shape index (κ1) is 20.6. The summed E-state index contributed by atoms with van der Waals surface area (Å²) in [6.07, 6.45) is 0.0754. The van der Waals surface area contributed by atoms with Crippen LogP contribution in [-0.2, 0) is 16.0 Å². The SMILES string of the molecule is CCOC(=O)Cc1noc2ccc3cc(N=C(c4ccccc4)c4ccccc4)ccc3c12. The van der Waals surface area contributed by atoms with Crippen LogP contribution in [0.2, 0.25) is 0 Å². The van der Waals surface area contributed by atoms with Crippen LogP contribution in [0.1, 0.15) is 23.7 Å². The van der Waals surface area contributed by atoms with Gasteiger partial charge < -0.3 is 9.26 Å². The standard InChI is InChI=1S/C28H22N2O3/c1-2-32-26(31)18-24-27-23-15-14-22(17-21(23)13-16-25(27)33-30-24)29-28(19-9-5-3-6-10-19)20-11-7-4-8-12-20/h3-17H,2,18H2,1H3. The van der Waals surface area contributed by atoms with Crippen molar-refractivity contribution in [2.24, 2.45) is 4.99 Å². The lowest BCUT2D eigenvalue weighted by atomic mass is 10.0. The number of fused-ring (bicyclic) bond motifs is 3. The molecule has 5 nitrogen and oxygen atoms in total. The van der Waals surface area contributed by atoms with Gasteiger partial charge in [-0.3, -0.25) is 4.79 Å². The van der Waals surface area contributed by atoms with Crippen molar-refractivity contribution in [2.75, 3.05) is 6.61 Å². The first-order valence-electron chi connectivity index (χ1n) is 10.9. The van der Waals surface area contributed by atoms with Crippen LogP contribution < -0.4 is 0 Å². The van der Waals surface area contributed by atoms with E-state index in [0.717, 1.165) is 38.7 Å². The molecule has 0 N–H and O–H groups in total. The Kier molecular flexibility index (Phi) is 5.68. The maximum absolute atomic E-state index is 12.0. The molecule has 0 fully saturated rings. The Morgan fingerprint density at radius 2 is 1.61 bits per heavy atom. The summed E-state index contributed by atoms with van der Waals surface area (Å²) in [6, 6.07) is 30.2. The number of esters is 1. The Balaban J connectivity index is 1.61. The van der Waals surface area contributed by atoms with E-state index in [9.17, 15) is 4.79 Å². The minimum atomic E-state index is -0.318. The van der Waals surface area contributed by atoms with Gasteiger partial charge in [-0.25, -0.2) is 4.99 Å². The minimum Gasteiger partial charge on any atom is -0.466 e. The van der Waals surface area contributed by atoms with Crippen LogP contribution in [0.3, 0.4) is 0 Å². The molecule has 0 saturated heterocycles. The van der Waals surface area contributed by atoms with E-state index < -0.39 is 0 Å². The maximum atomic E-state index is 12.0. The second-order valence-electron chi connectivity index (χ2n) is 7.65. The van der Waals surface area contributed by atoms with Crippen molar-refractivity contribution in [1.29, 1.82) is 0 Å². The third-order valence-electron chi connectivity index (χ3n) is 5.46. The van der Waals surface area contributed by atoms with Gasteiger partial charge in [-0.1, -0.05) is 78.0 Å². The average Bonchev–Trinajstić information content (AvgIpc) is 3.26. The predicted octanol–water partition coefficient (Wildman–Crippen LogP) is 6.26. The lowest BCUT2D eigenvalue weighted by Gasteiger charge is -2.08. The number of hydrogen-bond donors (Lipinski definition) is 0. The fourth-order valence-corrected chi connectivity index (χ4v) is 3.98. The summed E-state index contributed by atoms with van der Waals surface area (Å²) < 4.78 is 10.5. The summed E-state index contributed by atoms with van der Waals surface area (Å²) in [5.74, 6) is -0.318. The molecular formula is C28H22N2O3. The number of hydrogen-bond acceptors (Lipinski definition) is 5. The average molecular weight is 434 g/mol. The molecule has 0 amide bonds. The van der Waals surface area contributed by atoms with Crippen LogP contribution in [0.4, 0.5) is 5.69 Å². The number of nitrogens with zero attached hydrogens (tertiary/aromatic N) is 2. The first-order chi connectivity index (χ1) is 16.2. The minimum absolute atomic E-state index is 0.0754. The number of benzene rings is 4. The number of aliphatic imine (C=N–C) groups is 1. The molecule has 1 heterocycles. The molecule has 33 heavy (non-hydrogen) atoms. The van der Waals surface area contributed by atoms with Gasteiger partial charge in [0, 0.05) is 11.1 Å². The summed E-state index contributed by atoms with van der Waals surface area (Å²) in [5.41, 5.74) is 5.08. The molecule has 5 aromatic rings. The first-order valence-corrected chi connectivity index (χ1v) is 10.9. The van der Waals surface area contributed by atoms with E-state index in [-0.39, 0.29) is 12.4 Å². The van der Waals surface area contributed by atoms with Crippen molar-refractivity contribution in [3.63, 3.8) is 0 Å². The third kappa shape index (κ3) is 4.26. The van der Waals surface area contributed by atoms with Gasteiger partial charge in [-0.15, -0.1) is 0 Å². The molecule has 0 bridgehead atoms. The zero-order valence-corrected chi connectivity index (χ0v) is 18.2. The molecule has 5 heteroatoms. The largest absolute Gasteiger partial charge is 0.466 e. The lowest BCUT2D eigenvalue weighted by Crippen LogP contribution is -2.07. The topological polar surface area (TPSA) is 64.7 Å². The van der Waals surface area contributed by atoms with Crippen molar-refractivity contribution >= 4 is 39.1 Å². The van der Waals surface area contributed by atoms with Gasteiger partial charge in [-0.2, -0.15) is 0 Å². The number of aromatic nitrogens is 1. The van der Waals surface area contributed by atoms with Gasteiger partial charge in [0.1, 0.15) is 5.69 Å². The van der Waals surface area contributed by atoms with Gasteiger partial charge in [-0.05, 0) is 35.9 Å². The molecule has 0 radical (unpaired) electrons.